The summed E-state index contributed by atoms with van der Waals surface area (Å²) in [4.78, 5) is 0. The van der Waals surface area contributed by atoms with Crippen LogP contribution in [-0.2, 0) is 15.9 Å². The van der Waals surface area contributed by atoms with Crippen molar-refractivity contribution in [1.29, 1.82) is 0 Å². The molecular weight excluding hydrogens is 236 g/mol. The molecule has 0 aliphatic carbocycles. The smallest absolute Gasteiger partial charge is 0.104 e. The van der Waals surface area contributed by atoms with Gasteiger partial charge in [-0.15, -0.1) is 0 Å². The van der Waals surface area contributed by atoms with Gasteiger partial charge in [0.05, 0.1) is 19.3 Å². The predicted octanol–water partition coefficient (Wildman–Crippen LogP) is 3.39. The number of hydrogen-bond acceptors (Lipinski definition) is 2. The standard InChI is InChI=1S/C17H18O2/c1-3-7-14(8-4-1)11-17(19-13-16-12-18-16)15-9-5-2-6-10-15/h1-10,16-17H,11-13H2. The van der Waals surface area contributed by atoms with Crippen LogP contribution in [0.15, 0.2) is 60.7 Å². The normalized spacial score (nSPS) is 19.1. The SMILES string of the molecule is c1ccc(CC(OCC2CO2)c2ccccc2)cc1. The van der Waals surface area contributed by atoms with Gasteiger partial charge in [-0.1, -0.05) is 60.7 Å². The number of hydrogen-bond donors (Lipinski definition) is 0. The van der Waals surface area contributed by atoms with Crippen LogP contribution in [0.2, 0.25) is 0 Å². The maximum absolute atomic E-state index is 6.03. The summed E-state index contributed by atoms with van der Waals surface area (Å²) in [5.41, 5.74) is 2.53. The molecule has 0 N–H and O–H groups in total. The molecule has 0 bridgehead atoms. The molecule has 19 heavy (non-hydrogen) atoms. The van der Waals surface area contributed by atoms with Gasteiger partial charge in [0.15, 0.2) is 0 Å². The summed E-state index contributed by atoms with van der Waals surface area (Å²) in [6.45, 7) is 1.53. The van der Waals surface area contributed by atoms with Crippen molar-refractivity contribution in [2.75, 3.05) is 13.2 Å². The fraction of sp³-hybridized carbons (Fsp3) is 0.294. The van der Waals surface area contributed by atoms with Crippen LogP contribution >= 0.6 is 0 Å². The highest BCUT2D eigenvalue weighted by Crippen LogP contribution is 2.24. The summed E-state index contributed by atoms with van der Waals surface area (Å²) in [7, 11) is 0. The van der Waals surface area contributed by atoms with Crippen molar-refractivity contribution in [3.05, 3.63) is 71.8 Å². The number of rotatable bonds is 6. The number of ether oxygens (including phenoxy) is 2. The minimum Gasteiger partial charge on any atom is -0.371 e. The van der Waals surface area contributed by atoms with Crippen LogP contribution in [-0.4, -0.2) is 19.3 Å². The van der Waals surface area contributed by atoms with E-state index in [2.05, 4.69) is 48.5 Å². The molecule has 2 aromatic carbocycles. The molecule has 2 unspecified atom stereocenters. The van der Waals surface area contributed by atoms with Crippen LogP contribution in [0, 0.1) is 0 Å². The Kier molecular flexibility index (Phi) is 3.92. The predicted molar refractivity (Wildman–Crippen MR) is 75.0 cm³/mol. The highest BCUT2D eigenvalue weighted by molar-refractivity contribution is 5.22. The fourth-order valence-corrected chi connectivity index (χ4v) is 2.16. The molecule has 1 aliphatic heterocycles. The van der Waals surface area contributed by atoms with Crippen LogP contribution in [0.1, 0.15) is 17.2 Å². The van der Waals surface area contributed by atoms with Crippen LogP contribution in [0.3, 0.4) is 0 Å². The molecule has 0 saturated carbocycles. The van der Waals surface area contributed by atoms with E-state index in [-0.39, 0.29) is 6.10 Å². The van der Waals surface area contributed by atoms with Gasteiger partial charge in [0.25, 0.3) is 0 Å². The largest absolute Gasteiger partial charge is 0.371 e. The zero-order chi connectivity index (χ0) is 12.9. The Morgan fingerprint density at radius 3 is 2.26 bits per heavy atom. The van der Waals surface area contributed by atoms with Gasteiger partial charge in [-0.05, 0) is 11.1 Å². The topological polar surface area (TPSA) is 21.8 Å². The number of epoxide rings is 1. The van der Waals surface area contributed by atoms with Crippen LogP contribution in [0.4, 0.5) is 0 Å². The van der Waals surface area contributed by atoms with E-state index in [0.717, 1.165) is 13.0 Å². The lowest BCUT2D eigenvalue weighted by Gasteiger charge is -2.18. The summed E-state index contributed by atoms with van der Waals surface area (Å²) in [6.07, 6.45) is 1.31. The minimum atomic E-state index is 0.104. The van der Waals surface area contributed by atoms with Crippen molar-refractivity contribution >= 4 is 0 Å². The molecule has 2 aromatic rings. The van der Waals surface area contributed by atoms with Crippen LogP contribution in [0.25, 0.3) is 0 Å². The third-order valence-corrected chi connectivity index (χ3v) is 3.32. The average molecular weight is 254 g/mol. The Morgan fingerprint density at radius 2 is 1.63 bits per heavy atom. The van der Waals surface area contributed by atoms with E-state index in [1.807, 2.05) is 12.1 Å². The maximum atomic E-state index is 6.03. The van der Waals surface area contributed by atoms with E-state index in [4.69, 9.17) is 9.47 Å². The van der Waals surface area contributed by atoms with Crippen molar-refractivity contribution < 1.29 is 9.47 Å². The first kappa shape index (κ1) is 12.4. The van der Waals surface area contributed by atoms with Crippen molar-refractivity contribution in [3.8, 4) is 0 Å². The van der Waals surface area contributed by atoms with Gasteiger partial charge in [-0.25, -0.2) is 0 Å². The summed E-state index contributed by atoms with van der Waals surface area (Å²) in [5.74, 6) is 0. The Hall–Kier alpha value is -1.64. The molecule has 1 heterocycles. The lowest BCUT2D eigenvalue weighted by atomic mass is 10.0. The quantitative estimate of drug-likeness (QED) is 0.737. The molecule has 3 rings (SSSR count). The zero-order valence-corrected chi connectivity index (χ0v) is 10.9. The number of benzene rings is 2. The van der Waals surface area contributed by atoms with Gasteiger partial charge in [0, 0.05) is 6.42 Å². The van der Waals surface area contributed by atoms with E-state index >= 15 is 0 Å². The van der Waals surface area contributed by atoms with Gasteiger partial charge < -0.3 is 9.47 Å². The molecule has 0 amide bonds. The van der Waals surface area contributed by atoms with Crippen molar-refractivity contribution in [2.24, 2.45) is 0 Å². The van der Waals surface area contributed by atoms with Gasteiger partial charge in [0.1, 0.15) is 6.10 Å². The second kappa shape index (κ2) is 6.00. The second-order valence-electron chi connectivity index (χ2n) is 4.88. The Morgan fingerprint density at radius 1 is 1.00 bits per heavy atom. The lowest BCUT2D eigenvalue weighted by Crippen LogP contribution is -2.11. The first-order valence-corrected chi connectivity index (χ1v) is 6.74. The van der Waals surface area contributed by atoms with E-state index in [1.165, 1.54) is 11.1 Å². The molecule has 2 nitrogen and oxygen atoms in total. The molecule has 2 heteroatoms. The summed E-state index contributed by atoms with van der Waals surface area (Å²) >= 11 is 0. The Labute approximate surface area is 114 Å². The third kappa shape index (κ3) is 3.66. The average Bonchev–Trinajstić information content (AvgIpc) is 3.30. The first-order valence-electron chi connectivity index (χ1n) is 6.74. The Balaban J connectivity index is 1.71. The van der Waals surface area contributed by atoms with Gasteiger partial charge in [0.2, 0.25) is 0 Å². The fourth-order valence-electron chi connectivity index (χ4n) is 2.16. The van der Waals surface area contributed by atoms with Gasteiger partial charge in [-0.3, -0.25) is 0 Å². The van der Waals surface area contributed by atoms with Gasteiger partial charge >= 0.3 is 0 Å². The molecule has 2 atom stereocenters. The molecule has 98 valence electrons. The van der Waals surface area contributed by atoms with Crippen molar-refractivity contribution in [3.63, 3.8) is 0 Å². The molecule has 0 radical (unpaired) electrons. The summed E-state index contributed by atoms with van der Waals surface area (Å²) in [6, 6.07) is 20.9. The minimum absolute atomic E-state index is 0.104. The molecule has 0 aromatic heterocycles. The van der Waals surface area contributed by atoms with Gasteiger partial charge in [-0.2, -0.15) is 0 Å². The highest BCUT2D eigenvalue weighted by Gasteiger charge is 2.24. The molecule has 1 fully saturated rings. The van der Waals surface area contributed by atoms with E-state index in [0.29, 0.717) is 12.7 Å². The van der Waals surface area contributed by atoms with Crippen molar-refractivity contribution in [2.45, 2.75) is 18.6 Å². The third-order valence-electron chi connectivity index (χ3n) is 3.32. The second-order valence-corrected chi connectivity index (χ2v) is 4.88. The summed E-state index contributed by atoms with van der Waals surface area (Å²) in [5, 5.41) is 0. The van der Waals surface area contributed by atoms with E-state index < -0.39 is 0 Å². The van der Waals surface area contributed by atoms with E-state index in [9.17, 15) is 0 Å². The van der Waals surface area contributed by atoms with E-state index in [1.54, 1.807) is 0 Å². The van der Waals surface area contributed by atoms with Crippen molar-refractivity contribution in [1.82, 2.24) is 0 Å². The monoisotopic (exact) mass is 254 g/mol. The first-order chi connectivity index (χ1) is 9.42. The molecule has 1 saturated heterocycles. The molecule has 0 spiro atoms. The summed E-state index contributed by atoms with van der Waals surface area (Å²) < 4.78 is 11.3. The maximum Gasteiger partial charge on any atom is 0.104 e. The van der Waals surface area contributed by atoms with Crippen LogP contribution in [0.5, 0.6) is 0 Å². The molecular formula is C17H18O2. The van der Waals surface area contributed by atoms with Crippen LogP contribution < -0.4 is 0 Å². The zero-order valence-electron chi connectivity index (χ0n) is 10.9. The Bertz CT molecular complexity index is 491. The highest BCUT2D eigenvalue weighted by atomic mass is 16.6. The molecule has 1 aliphatic rings. The lowest BCUT2D eigenvalue weighted by molar-refractivity contribution is 0.0420.